The Bertz CT molecular complexity index is 412. The van der Waals surface area contributed by atoms with E-state index in [9.17, 15) is 0 Å². The summed E-state index contributed by atoms with van der Waals surface area (Å²) < 4.78 is 0. The molecule has 0 saturated heterocycles. The number of anilines is 2. The highest BCUT2D eigenvalue weighted by Gasteiger charge is 2.35. The van der Waals surface area contributed by atoms with E-state index < -0.39 is 0 Å². The maximum Gasteiger partial charge on any atom is 0.147 e. The summed E-state index contributed by atoms with van der Waals surface area (Å²) in [5.74, 6) is 1.71. The fraction of sp³-hybridized carbons (Fsp3) is 0.733. The second-order valence-electron chi connectivity index (χ2n) is 5.90. The molecule has 1 aliphatic rings. The molecule has 112 valence electrons. The van der Waals surface area contributed by atoms with Crippen molar-refractivity contribution < 1.29 is 0 Å². The number of likely N-dealkylation sites (N-methyl/N-ethyl adjacent to an activating group) is 1. The first-order valence-electron chi connectivity index (χ1n) is 7.63. The first-order chi connectivity index (χ1) is 9.66. The van der Waals surface area contributed by atoms with Gasteiger partial charge in [0.15, 0.2) is 0 Å². The molecule has 0 spiro atoms. The van der Waals surface area contributed by atoms with Crippen molar-refractivity contribution in [1.29, 1.82) is 0 Å². The summed E-state index contributed by atoms with van der Waals surface area (Å²) in [6.45, 7) is 4.01. The van der Waals surface area contributed by atoms with E-state index in [4.69, 9.17) is 0 Å². The second-order valence-corrected chi connectivity index (χ2v) is 5.90. The predicted molar refractivity (Wildman–Crippen MR) is 84.2 cm³/mol. The minimum atomic E-state index is 0.272. The van der Waals surface area contributed by atoms with Crippen LogP contribution in [0.2, 0.25) is 0 Å². The second kappa shape index (κ2) is 6.88. The third-order valence-electron chi connectivity index (χ3n) is 4.27. The monoisotopic (exact) mass is 277 g/mol. The number of hydrogen-bond acceptors (Lipinski definition) is 5. The van der Waals surface area contributed by atoms with Crippen molar-refractivity contribution in [2.75, 3.05) is 37.8 Å². The van der Waals surface area contributed by atoms with E-state index in [1.54, 1.807) is 12.4 Å². The van der Waals surface area contributed by atoms with Crippen LogP contribution in [0.4, 0.5) is 11.6 Å². The van der Waals surface area contributed by atoms with Gasteiger partial charge in [0.25, 0.3) is 0 Å². The van der Waals surface area contributed by atoms with Crippen LogP contribution in [0.3, 0.4) is 0 Å². The van der Waals surface area contributed by atoms with Crippen LogP contribution in [0.1, 0.15) is 39.0 Å². The molecule has 0 bridgehead atoms. The summed E-state index contributed by atoms with van der Waals surface area (Å²) >= 11 is 0. The van der Waals surface area contributed by atoms with Crippen LogP contribution in [0.25, 0.3) is 0 Å². The first-order valence-corrected chi connectivity index (χ1v) is 7.63. The van der Waals surface area contributed by atoms with Crippen LogP contribution in [-0.2, 0) is 0 Å². The molecular weight excluding hydrogens is 250 g/mol. The highest BCUT2D eigenvalue weighted by atomic mass is 15.2. The lowest BCUT2D eigenvalue weighted by atomic mass is 9.96. The lowest BCUT2D eigenvalue weighted by Crippen LogP contribution is -2.47. The SMILES string of the molecule is CCCNc1cncc(NCC2(N(C)C)CCCC2)n1. The van der Waals surface area contributed by atoms with E-state index in [0.717, 1.165) is 31.1 Å². The summed E-state index contributed by atoms with van der Waals surface area (Å²) in [6.07, 6.45) is 9.83. The van der Waals surface area contributed by atoms with E-state index in [0.29, 0.717) is 0 Å². The number of aromatic nitrogens is 2. The quantitative estimate of drug-likeness (QED) is 0.802. The minimum absolute atomic E-state index is 0.272. The Morgan fingerprint density at radius 1 is 1.15 bits per heavy atom. The van der Waals surface area contributed by atoms with Crippen molar-refractivity contribution in [3.63, 3.8) is 0 Å². The Labute approximate surface area is 122 Å². The van der Waals surface area contributed by atoms with Gasteiger partial charge in [-0.3, -0.25) is 4.98 Å². The van der Waals surface area contributed by atoms with Gasteiger partial charge in [-0.15, -0.1) is 0 Å². The molecule has 1 aromatic rings. The van der Waals surface area contributed by atoms with Crippen LogP contribution in [0.15, 0.2) is 12.4 Å². The fourth-order valence-corrected chi connectivity index (χ4v) is 2.86. The molecule has 1 aliphatic carbocycles. The Morgan fingerprint density at radius 2 is 1.80 bits per heavy atom. The number of hydrogen-bond donors (Lipinski definition) is 2. The molecule has 5 nitrogen and oxygen atoms in total. The van der Waals surface area contributed by atoms with Gasteiger partial charge in [0, 0.05) is 18.6 Å². The molecule has 1 fully saturated rings. The Balaban J connectivity index is 1.95. The van der Waals surface area contributed by atoms with Gasteiger partial charge in [-0.25, -0.2) is 4.98 Å². The third kappa shape index (κ3) is 3.60. The summed E-state index contributed by atoms with van der Waals surface area (Å²) in [7, 11) is 4.36. The predicted octanol–water partition coefficient (Wildman–Crippen LogP) is 2.58. The highest BCUT2D eigenvalue weighted by molar-refractivity contribution is 5.41. The molecule has 2 N–H and O–H groups in total. The zero-order chi connectivity index (χ0) is 14.4. The van der Waals surface area contributed by atoms with Crippen molar-refractivity contribution in [3.05, 3.63) is 12.4 Å². The van der Waals surface area contributed by atoms with Crippen LogP contribution in [0, 0.1) is 0 Å². The molecule has 2 rings (SSSR count). The Morgan fingerprint density at radius 3 is 2.40 bits per heavy atom. The average molecular weight is 277 g/mol. The molecule has 0 radical (unpaired) electrons. The van der Waals surface area contributed by atoms with E-state index in [2.05, 4.69) is 46.5 Å². The molecule has 1 saturated carbocycles. The Hall–Kier alpha value is -1.36. The Kier molecular flexibility index (Phi) is 5.17. The van der Waals surface area contributed by atoms with Gasteiger partial charge in [0.1, 0.15) is 11.6 Å². The zero-order valence-electron chi connectivity index (χ0n) is 12.9. The van der Waals surface area contributed by atoms with Gasteiger partial charge in [-0.1, -0.05) is 19.8 Å². The molecule has 1 heterocycles. The van der Waals surface area contributed by atoms with Gasteiger partial charge < -0.3 is 15.5 Å². The van der Waals surface area contributed by atoms with Gasteiger partial charge in [0.05, 0.1) is 12.4 Å². The topological polar surface area (TPSA) is 53.1 Å². The normalized spacial score (nSPS) is 17.4. The summed E-state index contributed by atoms with van der Waals surface area (Å²) in [6, 6.07) is 0. The maximum atomic E-state index is 4.56. The molecule has 1 aromatic heterocycles. The average Bonchev–Trinajstić information content (AvgIpc) is 2.94. The molecule has 0 aliphatic heterocycles. The smallest absolute Gasteiger partial charge is 0.147 e. The van der Waals surface area contributed by atoms with E-state index in [-0.39, 0.29) is 5.54 Å². The first kappa shape index (κ1) is 15.0. The van der Waals surface area contributed by atoms with Crippen LogP contribution < -0.4 is 10.6 Å². The van der Waals surface area contributed by atoms with Crippen LogP contribution in [0.5, 0.6) is 0 Å². The van der Waals surface area contributed by atoms with Crippen molar-refractivity contribution in [2.45, 2.75) is 44.6 Å². The van der Waals surface area contributed by atoms with E-state index in [1.165, 1.54) is 25.7 Å². The molecule has 0 atom stereocenters. The van der Waals surface area contributed by atoms with Gasteiger partial charge in [-0.05, 0) is 33.4 Å². The van der Waals surface area contributed by atoms with Gasteiger partial charge in [0.2, 0.25) is 0 Å². The largest absolute Gasteiger partial charge is 0.369 e. The standard InChI is InChI=1S/C15H27N5/c1-4-9-17-13-10-16-11-14(19-13)18-12-15(20(2)3)7-5-6-8-15/h10-11H,4-9,12H2,1-3H3,(H2,17,18,19). The lowest BCUT2D eigenvalue weighted by Gasteiger charge is -2.36. The third-order valence-corrected chi connectivity index (χ3v) is 4.27. The molecule has 5 heteroatoms. The fourth-order valence-electron chi connectivity index (χ4n) is 2.86. The van der Waals surface area contributed by atoms with Crippen molar-refractivity contribution >= 4 is 11.6 Å². The number of nitrogens with one attached hydrogen (secondary N) is 2. The van der Waals surface area contributed by atoms with Crippen LogP contribution >= 0.6 is 0 Å². The van der Waals surface area contributed by atoms with E-state index in [1.807, 2.05) is 0 Å². The molecule has 0 aromatic carbocycles. The maximum absolute atomic E-state index is 4.56. The number of nitrogens with zero attached hydrogens (tertiary/aromatic N) is 3. The summed E-state index contributed by atoms with van der Waals surface area (Å²) in [5.41, 5.74) is 0.272. The summed E-state index contributed by atoms with van der Waals surface area (Å²) in [5, 5.41) is 6.74. The van der Waals surface area contributed by atoms with Gasteiger partial charge in [-0.2, -0.15) is 0 Å². The van der Waals surface area contributed by atoms with Crippen LogP contribution in [-0.4, -0.2) is 47.6 Å². The summed E-state index contributed by atoms with van der Waals surface area (Å²) in [4.78, 5) is 11.2. The minimum Gasteiger partial charge on any atom is -0.369 e. The zero-order valence-corrected chi connectivity index (χ0v) is 12.9. The van der Waals surface area contributed by atoms with E-state index >= 15 is 0 Å². The number of rotatable bonds is 7. The molecule has 0 amide bonds. The molecule has 20 heavy (non-hydrogen) atoms. The van der Waals surface area contributed by atoms with Crippen molar-refractivity contribution in [2.24, 2.45) is 0 Å². The van der Waals surface area contributed by atoms with Crippen molar-refractivity contribution in [3.8, 4) is 0 Å². The lowest BCUT2D eigenvalue weighted by molar-refractivity contribution is 0.172. The molecule has 0 unspecified atom stereocenters. The van der Waals surface area contributed by atoms with Gasteiger partial charge >= 0.3 is 0 Å². The highest BCUT2D eigenvalue weighted by Crippen LogP contribution is 2.33. The van der Waals surface area contributed by atoms with Crippen molar-refractivity contribution in [1.82, 2.24) is 14.9 Å². The molecular formula is C15H27N5.